The van der Waals surface area contributed by atoms with Crippen LogP contribution in [0.2, 0.25) is 0 Å². The molecule has 1 N–H and O–H groups in total. The van der Waals surface area contributed by atoms with Crippen molar-refractivity contribution in [1.29, 1.82) is 0 Å². The van der Waals surface area contributed by atoms with Gasteiger partial charge in [0.2, 0.25) is 5.91 Å². The molecule has 0 heterocycles. The van der Waals surface area contributed by atoms with Crippen LogP contribution in [0.3, 0.4) is 0 Å². The number of aryl methyl sites for hydroxylation is 1. The molecule has 0 aromatic heterocycles. The predicted molar refractivity (Wildman–Crippen MR) is 96.5 cm³/mol. The van der Waals surface area contributed by atoms with Gasteiger partial charge in [0.25, 0.3) is 0 Å². The third-order valence-electron chi connectivity index (χ3n) is 4.30. The van der Waals surface area contributed by atoms with Crippen molar-refractivity contribution < 1.29 is 4.79 Å². The monoisotopic (exact) mass is 366 g/mol. The quantitative estimate of drug-likeness (QED) is 0.766. The van der Waals surface area contributed by atoms with E-state index in [-0.39, 0.29) is 5.91 Å². The largest absolute Gasteiger partial charge is 0.325 e. The van der Waals surface area contributed by atoms with E-state index in [9.17, 15) is 4.79 Å². The molecule has 1 aliphatic carbocycles. The van der Waals surface area contributed by atoms with Crippen LogP contribution in [-0.4, -0.2) is 30.4 Å². The highest BCUT2D eigenvalue weighted by atomic mass is 79.9. The van der Waals surface area contributed by atoms with Gasteiger partial charge in [0, 0.05) is 17.9 Å². The molecule has 0 saturated heterocycles. The van der Waals surface area contributed by atoms with E-state index in [0.29, 0.717) is 5.92 Å². The lowest BCUT2D eigenvalue weighted by molar-refractivity contribution is -0.114. The Labute approximate surface area is 142 Å². The minimum Gasteiger partial charge on any atom is -0.325 e. The van der Waals surface area contributed by atoms with E-state index in [4.69, 9.17) is 0 Å². The number of nitrogens with zero attached hydrogens (tertiary/aromatic N) is 1. The molecule has 22 heavy (non-hydrogen) atoms. The summed E-state index contributed by atoms with van der Waals surface area (Å²) in [5.41, 5.74) is 3.75. The predicted octanol–water partition coefficient (Wildman–Crippen LogP) is 4.56. The molecule has 4 heteroatoms. The van der Waals surface area contributed by atoms with Crippen LogP contribution in [-0.2, 0) is 11.2 Å². The van der Waals surface area contributed by atoms with Gasteiger partial charge in [0.1, 0.15) is 0 Å². The molecule has 1 atom stereocenters. The molecule has 0 spiro atoms. The van der Waals surface area contributed by atoms with Crippen molar-refractivity contribution in [3.05, 3.63) is 27.7 Å². The molecular weight excluding hydrogens is 340 g/mol. The molecule has 0 fully saturated rings. The van der Waals surface area contributed by atoms with Gasteiger partial charge in [-0.15, -0.1) is 0 Å². The van der Waals surface area contributed by atoms with E-state index in [1.165, 1.54) is 43.5 Å². The number of fused-ring (bicyclic) bond motifs is 1. The highest BCUT2D eigenvalue weighted by Crippen LogP contribution is 2.38. The second-order valence-corrected chi connectivity index (χ2v) is 7.10. The third kappa shape index (κ3) is 4.32. The molecular formula is C18H27BrN2O. The Balaban J connectivity index is 2.17. The highest BCUT2D eigenvalue weighted by Gasteiger charge is 2.25. The lowest BCUT2D eigenvalue weighted by atomic mass is 9.99. The fourth-order valence-corrected chi connectivity index (χ4v) is 3.92. The van der Waals surface area contributed by atoms with E-state index >= 15 is 0 Å². The van der Waals surface area contributed by atoms with Crippen LogP contribution in [0.5, 0.6) is 0 Å². The van der Waals surface area contributed by atoms with E-state index in [2.05, 4.69) is 52.1 Å². The summed E-state index contributed by atoms with van der Waals surface area (Å²) >= 11 is 3.57. The smallest absolute Gasteiger partial charge is 0.221 e. The molecule has 1 unspecified atom stereocenters. The van der Waals surface area contributed by atoms with E-state index in [1.807, 2.05) is 0 Å². The highest BCUT2D eigenvalue weighted by molar-refractivity contribution is 9.10. The first-order valence-electron chi connectivity index (χ1n) is 8.37. The number of anilines is 1. The van der Waals surface area contributed by atoms with Crippen LogP contribution in [0.1, 0.15) is 57.1 Å². The van der Waals surface area contributed by atoms with Gasteiger partial charge >= 0.3 is 0 Å². The molecule has 0 aliphatic heterocycles. The topological polar surface area (TPSA) is 32.3 Å². The summed E-state index contributed by atoms with van der Waals surface area (Å²) < 4.78 is 0.987. The van der Waals surface area contributed by atoms with Crippen LogP contribution >= 0.6 is 15.9 Å². The van der Waals surface area contributed by atoms with Gasteiger partial charge in [-0.3, -0.25) is 4.79 Å². The first kappa shape index (κ1) is 17.5. The Morgan fingerprint density at radius 2 is 2.00 bits per heavy atom. The minimum absolute atomic E-state index is 0.0196. The Morgan fingerprint density at radius 1 is 1.32 bits per heavy atom. The number of nitrogens with one attached hydrogen (secondary N) is 1. The molecule has 0 saturated carbocycles. The summed E-state index contributed by atoms with van der Waals surface area (Å²) in [6.07, 6.45) is 4.77. The van der Waals surface area contributed by atoms with E-state index in [1.54, 1.807) is 6.92 Å². The molecule has 2 rings (SSSR count). The maximum Gasteiger partial charge on any atom is 0.221 e. The zero-order chi connectivity index (χ0) is 16.1. The Bertz CT molecular complexity index is 524. The number of carbonyl (C=O) groups is 1. The maximum absolute atomic E-state index is 11.4. The lowest BCUT2D eigenvalue weighted by Gasteiger charge is -2.25. The average molecular weight is 367 g/mol. The Morgan fingerprint density at radius 3 is 2.59 bits per heavy atom. The van der Waals surface area contributed by atoms with E-state index in [0.717, 1.165) is 23.1 Å². The first-order valence-corrected chi connectivity index (χ1v) is 9.16. The van der Waals surface area contributed by atoms with Gasteiger partial charge in [-0.05, 0) is 83.9 Å². The lowest BCUT2D eigenvalue weighted by Crippen LogP contribution is -2.29. The minimum atomic E-state index is -0.0196. The van der Waals surface area contributed by atoms with Gasteiger partial charge in [0.15, 0.2) is 0 Å². The fraction of sp³-hybridized carbons (Fsp3) is 0.611. The summed E-state index contributed by atoms with van der Waals surface area (Å²) in [7, 11) is 0. The second-order valence-electron chi connectivity index (χ2n) is 6.25. The molecule has 0 radical (unpaired) electrons. The molecule has 3 nitrogen and oxygen atoms in total. The zero-order valence-electron chi connectivity index (χ0n) is 13.9. The molecule has 122 valence electrons. The molecule has 1 aromatic carbocycles. The number of hydrogen-bond acceptors (Lipinski definition) is 2. The number of rotatable bonds is 7. The molecule has 0 bridgehead atoms. The molecule has 1 aromatic rings. The average Bonchev–Trinajstić information content (AvgIpc) is 2.81. The van der Waals surface area contributed by atoms with Gasteiger partial charge in [-0.2, -0.15) is 0 Å². The van der Waals surface area contributed by atoms with Crippen LogP contribution < -0.4 is 5.32 Å². The molecule has 1 aliphatic rings. The summed E-state index contributed by atoms with van der Waals surface area (Å²) in [6.45, 7) is 9.54. The van der Waals surface area contributed by atoms with Crippen LogP contribution in [0.4, 0.5) is 5.69 Å². The van der Waals surface area contributed by atoms with Crippen molar-refractivity contribution in [3.8, 4) is 0 Å². The zero-order valence-corrected chi connectivity index (χ0v) is 15.5. The number of benzene rings is 1. The van der Waals surface area contributed by atoms with Crippen LogP contribution in [0.25, 0.3) is 0 Å². The number of amides is 1. The van der Waals surface area contributed by atoms with Crippen molar-refractivity contribution in [2.24, 2.45) is 0 Å². The standard InChI is InChI=1S/C18H27BrN2O/c1-4-8-21(9-5-2)12-15-7-6-14-10-17(19)18(11-16(14)15)20-13(3)22/h10-11,15H,4-9,12H2,1-3H3,(H,20,22). The SMILES string of the molecule is CCCN(CCC)CC1CCc2cc(Br)c(NC(C)=O)cc21. The summed E-state index contributed by atoms with van der Waals surface area (Å²) in [6, 6.07) is 4.36. The summed E-state index contributed by atoms with van der Waals surface area (Å²) in [4.78, 5) is 13.9. The van der Waals surface area contributed by atoms with Gasteiger partial charge in [-0.1, -0.05) is 13.8 Å². The number of hydrogen-bond donors (Lipinski definition) is 1. The second kappa shape index (κ2) is 8.11. The van der Waals surface area contributed by atoms with Crippen LogP contribution in [0.15, 0.2) is 16.6 Å². The van der Waals surface area contributed by atoms with Crippen molar-refractivity contribution in [3.63, 3.8) is 0 Å². The molecule has 1 amide bonds. The maximum atomic E-state index is 11.4. The number of halogens is 1. The summed E-state index contributed by atoms with van der Waals surface area (Å²) in [5, 5.41) is 2.93. The Kier molecular flexibility index (Phi) is 6.45. The van der Waals surface area contributed by atoms with Gasteiger partial charge in [-0.25, -0.2) is 0 Å². The van der Waals surface area contributed by atoms with Crippen molar-refractivity contribution >= 4 is 27.5 Å². The Hall–Kier alpha value is -0.870. The fourth-order valence-electron chi connectivity index (χ4n) is 3.43. The summed E-state index contributed by atoms with van der Waals surface area (Å²) in [5.74, 6) is 0.572. The van der Waals surface area contributed by atoms with Crippen LogP contribution in [0, 0.1) is 0 Å². The van der Waals surface area contributed by atoms with Crippen molar-refractivity contribution in [1.82, 2.24) is 4.90 Å². The number of carbonyl (C=O) groups excluding carboxylic acids is 1. The van der Waals surface area contributed by atoms with Crippen molar-refractivity contribution in [2.75, 3.05) is 25.0 Å². The van der Waals surface area contributed by atoms with Gasteiger partial charge in [0.05, 0.1) is 5.69 Å². The van der Waals surface area contributed by atoms with Crippen molar-refractivity contribution in [2.45, 2.75) is 52.4 Å². The van der Waals surface area contributed by atoms with E-state index < -0.39 is 0 Å². The normalized spacial score (nSPS) is 16.9. The van der Waals surface area contributed by atoms with Gasteiger partial charge < -0.3 is 10.2 Å². The first-order chi connectivity index (χ1) is 10.5. The third-order valence-corrected chi connectivity index (χ3v) is 4.96.